The first kappa shape index (κ1) is 14.3. The third kappa shape index (κ3) is 2.28. The first-order valence-corrected chi connectivity index (χ1v) is 8.62. The Morgan fingerprint density at radius 1 is 1.00 bits per heavy atom. The number of hydrogen-bond donors (Lipinski definition) is 0. The molecule has 0 saturated carbocycles. The fraction of sp³-hybridized carbons (Fsp3) is 0.294. The molecule has 2 atom stereocenters. The Bertz CT molecular complexity index is 710. The summed E-state index contributed by atoms with van der Waals surface area (Å²) in [5.41, 5.74) is 0.922. The predicted molar refractivity (Wildman–Crippen MR) is 81.5 cm³/mol. The zero-order chi connectivity index (χ0) is 14.9. The van der Waals surface area contributed by atoms with Crippen LogP contribution >= 0.6 is 0 Å². The second-order valence-electron chi connectivity index (χ2n) is 5.29. The van der Waals surface area contributed by atoms with Crippen LogP contribution in [0.4, 0.5) is 0 Å². The average molecular weight is 302 g/mol. The van der Waals surface area contributed by atoms with Crippen LogP contribution in [0, 0.1) is 0 Å². The molecule has 2 aromatic carbocycles. The van der Waals surface area contributed by atoms with Gasteiger partial charge in [0.05, 0.1) is 4.90 Å². The van der Waals surface area contributed by atoms with Gasteiger partial charge in [-0.05, 0) is 24.1 Å². The zero-order valence-electron chi connectivity index (χ0n) is 11.9. The molecule has 0 spiro atoms. The van der Waals surface area contributed by atoms with E-state index in [2.05, 4.69) is 0 Å². The first-order chi connectivity index (χ1) is 10.1. The van der Waals surface area contributed by atoms with E-state index in [-0.39, 0.29) is 6.10 Å². The highest BCUT2D eigenvalue weighted by Crippen LogP contribution is 2.57. The van der Waals surface area contributed by atoms with Crippen LogP contribution in [0.2, 0.25) is 0 Å². The summed E-state index contributed by atoms with van der Waals surface area (Å²) in [7, 11) is -3.51. The molecule has 3 rings (SSSR count). The van der Waals surface area contributed by atoms with Gasteiger partial charge >= 0.3 is 0 Å². The van der Waals surface area contributed by atoms with E-state index in [1.807, 2.05) is 43.3 Å². The van der Waals surface area contributed by atoms with E-state index >= 15 is 0 Å². The lowest BCUT2D eigenvalue weighted by atomic mass is 10.1. The van der Waals surface area contributed by atoms with E-state index in [1.165, 1.54) is 0 Å². The van der Waals surface area contributed by atoms with E-state index in [0.717, 1.165) is 12.0 Å². The van der Waals surface area contributed by atoms with Crippen molar-refractivity contribution >= 4 is 9.84 Å². The average Bonchev–Trinajstić information content (AvgIpc) is 3.26. The molecule has 0 radical (unpaired) electrons. The summed E-state index contributed by atoms with van der Waals surface area (Å²) < 4.78 is 31.7. The Morgan fingerprint density at radius 3 is 2.14 bits per heavy atom. The second kappa shape index (κ2) is 5.28. The van der Waals surface area contributed by atoms with Gasteiger partial charge in [-0.15, -0.1) is 0 Å². The highest BCUT2D eigenvalue weighted by Gasteiger charge is 2.66. The summed E-state index contributed by atoms with van der Waals surface area (Å²) in [6, 6.07) is 18.1. The zero-order valence-corrected chi connectivity index (χ0v) is 12.7. The molecular weight excluding hydrogens is 284 g/mol. The van der Waals surface area contributed by atoms with Gasteiger partial charge in [-0.25, -0.2) is 8.42 Å². The third-order valence-electron chi connectivity index (χ3n) is 3.87. The second-order valence-corrected chi connectivity index (χ2v) is 7.46. The summed E-state index contributed by atoms with van der Waals surface area (Å²) in [5.74, 6) is 0. The molecule has 0 N–H and O–H groups in total. The van der Waals surface area contributed by atoms with Crippen LogP contribution in [0.15, 0.2) is 65.6 Å². The van der Waals surface area contributed by atoms with Gasteiger partial charge in [-0.2, -0.15) is 0 Å². The summed E-state index contributed by atoms with van der Waals surface area (Å²) >= 11 is 0. The Balaban J connectivity index is 2.01. The van der Waals surface area contributed by atoms with E-state index in [0.29, 0.717) is 11.3 Å². The predicted octanol–water partition coefficient (Wildman–Crippen LogP) is 3.73. The van der Waals surface area contributed by atoms with Gasteiger partial charge < -0.3 is 4.74 Å². The lowest BCUT2D eigenvalue weighted by Gasteiger charge is -2.13. The van der Waals surface area contributed by atoms with Crippen molar-refractivity contribution in [2.24, 2.45) is 0 Å². The molecule has 1 aliphatic heterocycles. The van der Waals surface area contributed by atoms with E-state index in [1.54, 1.807) is 24.3 Å². The van der Waals surface area contributed by atoms with Gasteiger partial charge in [0.25, 0.3) is 0 Å². The molecule has 1 aliphatic rings. The highest BCUT2D eigenvalue weighted by molar-refractivity contribution is 7.93. The van der Waals surface area contributed by atoms with Crippen LogP contribution < -0.4 is 0 Å². The molecule has 1 fully saturated rings. The number of benzene rings is 2. The van der Waals surface area contributed by atoms with E-state index < -0.39 is 14.8 Å². The molecule has 4 heteroatoms. The lowest BCUT2D eigenvalue weighted by molar-refractivity contribution is 0.334. The van der Waals surface area contributed by atoms with Crippen LogP contribution in [0.3, 0.4) is 0 Å². The quantitative estimate of drug-likeness (QED) is 0.791. The van der Waals surface area contributed by atoms with Crippen molar-refractivity contribution in [1.82, 2.24) is 0 Å². The molecule has 3 nitrogen and oxygen atoms in total. The normalized spacial score (nSPS) is 24.7. The smallest absolute Gasteiger partial charge is 0.211 e. The Hall–Kier alpha value is -1.65. The van der Waals surface area contributed by atoms with E-state index in [4.69, 9.17) is 4.74 Å². The molecular formula is C17H18O3S. The summed E-state index contributed by atoms with van der Waals surface area (Å²) in [6.07, 6.45) is 0.892. The minimum Gasteiger partial charge on any atom is -0.343 e. The van der Waals surface area contributed by atoms with Crippen molar-refractivity contribution in [3.63, 3.8) is 0 Å². The number of sulfone groups is 1. The Morgan fingerprint density at radius 2 is 1.57 bits per heavy atom. The van der Waals surface area contributed by atoms with Gasteiger partial charge in [-0.1, -0.05) is 61.9 Å². The summed E-state index contributed by atoms with van der Waals surface area (Å²) in [6.45, 7) is 1.98. The molecule has 0 bridgehead atoms. The standard InChI is InChI=1S/C17H18O3S/c1-2-13-17(16(20-17)14-9-5-3-6-10-14)21(18,19)15-11-7-4-8-12-15/h3-12,16H,2,13H2,1H3. The molecule has 21 heavy (non-hydrogen) atoms. The number of ether oxygens (including phenoxy) is 1. The fourth-order valence-corrected chi connectivity index (χ4v) is 4.82. The van der Waals surface area contributed by atoms with Crippen molar-refractivity contribution < 1.29 is 13.2 Å². The number of hydrogen-bond acceptors (Lipinski definition) is 3. The maximum absolute atomic E-state index is 13.0. The van der Waals surface area contributed by atoms with Gasteiger partial charge in [0.15, 0.2) is 0 Å². The highest BCUT2D eigenvalue weighted by atomic mass is 32.2. The molecule has 110 valence electrons. The van der Waals surface area contributed by atoms with Crippen LogP contribution in [0.25, 0.3) is 0 Å². The van der Waals surface area contributed by atoms with E-state index in [9.17, 15) is 8.42 Å². The van der Waals surface area contributed by atoms with Crippen LogP contribution in [-0.4, -0.2) is 13.4 Å². The summed E-state index contributed by atoms with van der Waals surface area (Å²) in [5, 5.41) is 0. The number of rotatable bonds is 5. The van der Waals surface area contributed by atoms with Crippen molar-refractivity contribution in [2.45, 2.75) is 35.7 Å². The lowest BCUT2D eigenvalue weighted by Crippen LogP contribution is -2.26. The molecule has 0 aliphatic carbocycles. The van der Waals surface area contributed by atoms with Crippen LogP contribution in [0.5, 0.6) is 0 Å². The summed E-state index contributed by atoms with van der Waals surface area (Å²) in [4.78, 5) is -0.776. The molecule has 0 aromatic heterocycles. The largest absolute Gasteiger partial charge is 0.343 e. The minimum absolute atomic E-state index is 0.330. The molecule has 2 unspecified atom stereocenters. The topological polar surface area (TPSA) is 46.7 Å². The SMILES string of the molecule is CCCC1(S(=O)(=O)c2ccccc2)OC1c1ccccc1. The third-order valence-corrected chi connectivity index (χ3v) is 6.19. The van der Waals surface area contributed by atoms with Crippen molar-refractivity contribution in [3.8, 4) is 0 Å². The number of epoxide rings is 1. The van der Waals surface area contributed by atoms with Crippen molar-refractivity contribution in [3.05, 3.63) is 66.2 Å². The molecule has 1 heterocycles. The Kier molecular flexibility index (Phi) is 3.59. The monoisotopic (exact) mass is 302 g/mol. The van der Waals surface area contributed by atoms with Crippen molar-refractivity contribution in [1.29, 1.82) is 0 Å². The van der Waals surface area contributed by atoms with Crippen LogP contribution in [0.1, 0.15) is 31.4 Å². The van der Waals surface area contributed by atoms with Gasteiger partial charge in [-0.3, -0.25) is 0 Å². The van der Waals surface area contributed by atoms with Crippen LogP contribution in [-0.2, 0) is 14.6 Å². The van der Waals surface area contributed by atoms with Gasteiger partial charge in [0, 0.05) is 0 Å². The maximum atomic E-state index is 13.0. The van der Waals surface area contributed by atoms with Crippen molar-refractivity contribution in [2.75, 3.05) is 0 Å². The minimum atomic E-state index is -3.51. The maximum Gasteiger partial charge on any atom is 0.211 e. The van der Waals surface area contributed by atoms with Gasteiger partial charge in [0.1, 0.15) is 6.10 Å². The molecule has 2 aromatic rings. The first-order valence-electron chi connectivity index (χ1n) is 7.14. The van der Waals surface area contributed by atoms with Gasteiger partial charge in [0.2, 0.25) is 14.8 Å². The molecule has 1 saturated heterocycles. The fourth-order valence-electron chi connectivity index (χ4n) is 2.79. The molecule has 0 amide bonds. The Labute approximate surface area is 125 Å².